The van der Waals surface area contributed by atoms with Crippen molar-refractivity contribution in [2.75, 3.05) is 7.11 Å². The number of aromatic nitrogens is 2. The van der Waals surface area contributed by atoms with E-state index < -0.39 is 0 Å². The molecule has 3 N–H and O–H groups in total. The van der Waals surface area contributed by atoms with Crippen LogP contribution in [-0.2, 0) is 0 Å². The van der Waals surface area contributed by atoms with Crippen LogP contribution in [0.25, 0.3) is 0 Å². The third-order valence-electron chi connectivity index (χ3n) is 4.00. The normalized spacial score (nSPS) is 18.2. The zero-order valence-corrected chi connectivity index (χ0v) is 11.6. The van der Waals surface area contributed by atoms with Crippen LogP contribution in [0.1, 0.15) is 56.7 Å². The third-order valence-corrected chi connectivity index (χ3v) is 4.00. The van der Waals surface area contributed by atoms with Gasteiger partial charge >= 0.3 is 0 Å². The first kappa shape index (κ1) is 14.2. The summed E-state index contributed by atoms with van der Waals surface area (Å²) in [5, 5.41) is 0. The number of rotatable bonds is 6. The van der Waals surface area contributed by atoms with E-state index in [1.54, 1.807) is 19.5 Å². The minimum Gasteiger partial charge on any atom is -0.480 e. The summed E-state index contributed by atoms with van der Waals surface area (Å²) in [6.07, 6.45) is 12.3. The second-order valence-electron chi connectivity index (χ2n) is 5.25. The molecule has 0 saturated heterocycles. The van der Waals surface area contributed by atoms with E-state index in [-0.39, 0.29) is 6.04 Å². The summed E-state index contributed by atoms with van der Waals surface area (Å²) in [7, 11) is 1.61. The molecule has 5 nitrogen and oxygen atoms in total. The van der Waals surface area contributed by atoms with Crippen LogP contribution in [0.2, 0.25) is 0 Å². The molecule has 0 radical (unpaired) electrons. The number of hydrogen-bond acceptors (Lipinski definition) is 5. The SMILES string of the molecule is COc1nccnc1C(CCC1CCCCC1)NN. The van der Waals surface area contributed by atoms with Crippen molar-refractivity contribution in [1.29, 1.82) is 0 Å². The lowest BCUT2D eigenvalue weighted by Crippen LogP contribution is -2.29. The molecule has 1 aliphatic carbocycles. The first-order chi connectivity index (χ1) is 9.35. The first-order valence-corrected chi connectivity index (χ1v) is 7.16. The Labute approximate surface area is 114 Å². The highest BCUT2D eigenvalue weighted by molar-refractivity contribution is 5.20. The topological polar surface area (TPSA) is 73.1 Å². The molecule has 1 atom stereocenters. The van der Waals surface area contributed by atoms with Crippen molar-refractivity contribution in [3.05, 3.63) is 18.1 Å². The Kier molecular flexibility index (Phi) is 5.54. The van der Waals surface area contributed by atoms with Crippen molar-refractivity contribution in [2.24, 2.45) is 11.8 Å². The van der Waals surface area contributed by atoms with E-state index in [1.165, 1.54) is 38.5 Å². The van der Waals surface area contributed by atoms with Gasteiger partial charge in [0.15, 0.2) is 0 Å². The van der Waals surface area contributed by atoms with Crippen LogP contribution in [0.4, 0.5) is 0 Å². The zero-order chi connectivity index (χ0) is 13.5. The average Bonchev–Trinajstić information content (AvgIpc) is 2.49. The molecular formula is C14H24N4O. The minimum absolute atomic E-state index is 0.0191. The first-order valence-electron chi connectivity index (χ1n) is 7.16. The van der Waals surface area contributed by atoms with Gasteiger partial charge in [0.2, 0.25) is 5.88 Å². The van der Waals surface area contributed by atoms with Gasteiger partial charge in [0.25, 0.3) is 0 Å². The van der Waals surface area contributed by atoms with E-state index in [0.717, 1.165) is 18.0 Å². The minimum atomic E-state index is 0.0191. The molecule has 0 amide bonds. The van der Waals surface area contributed by atoms with Crippen molar-refractivity contribution in [3.63, 3.8) is 0 Å². The van der Waals surface area contributed by atoms with Crippen LogP contribution >= 0.6 is 0 Å². The smallest absolute Gasteiger partial charge is 0.237 e. The van der Waals surface area contributed by atoms with Gasteiger partial charge in [-0.15, -0.1) is 0 Å². The molecule has 1 saturated carbocycles. The van der Waals surface area contributed by atoms with Gasteiger partial charge in [-0.25, -0.2) is 4.98 Å². The molecular weight excluding hydrogens is 240 g/mol. The maximum atomic E-state index is 5.67. The van der Waals surface area contributed by atoms with Gasteiger partial charge in [-0.2, -0.15) is 0 Å². The zero-order valence-electron chi connectivity index (χ0n) is 11.6. The molecule has 1 fully saturated rings. The van der Waals surface area contributed by atoms with Crippen molar-refractivity contribution in [1.82, 2.24) is 15.4 Å². The van der Waals surface area contributed by atoms with E-state index in [9.17, 15) is 0 Å². The quantitative estimate of drug-likeness (QED) is 0.609. The molecule has 0 aliphatic heterocycles. The molecule has 2 rings (SSSR count). The summed E-state index contributed by atoms with van der Waals surface area (Å²) in [6, 6.07) is 0.0191. The largest absolute Gasteiger partial charge is 0.480 e. The highest BCUT2D eigenvalue weighted by Gasteiger charge is 2.20. The fourth-order valence-electron chi connectivity index (χ4n) is 2.91. The van der Waals surface area contributed by atoms with Gasteiger partial charge in [-0.1, -0.05) is 32.1 Å². The standard InChI is InChI=1S/C14H24N4O/c1-19-14-13(16-9-10-17-14)12(18-15)8-7-11-5-3-2-4-6-11/h9-12,18H,2-8,15H2,1H3. The van der Waals surface area contributed by atoms with Crippen molar-refractivity contribution in [3.8, 4) is 5.88 Å². The lowest BCUT2D eigenvalue weighted by Gasteiger charge is -2.24. The van der Waals surface area contributed by atoms with E-state index in [2.05, 4.69) is 15.4 Å². The molecule has 1 aromatic rings. The van der Waals surface area contributed by atoms with Crippen LogP contribution < -0.4 is 16.0 Å². The molecule has 1 aromatic heterocycles. The van der Waals surface area contributed by atoms with Gasteiger partial charge in [0, 0.05) is 12.4 Å². The summed E-state index contributed by atoms with van der Waals surface area (Å²) >= 11 is 0. The van der Waals surface area contributed by atoms with Gasteiger partial charge in [0.1, 0.15) is 5.69 Å². The molecule has 5 heteroatoms. The average molecular weight is 264 g/mol. The van der Waals surface area contributed by atoms with E-state index >= 15 is 0 Å². The molecule has 0 spiro atoms. The monoisotopic (exact) mass is 264 g/mol. The second-order valence-corrected chi connectivity index (χ2v) is 5.25. The number of nitrogens with one attached hydrogen (secondary N) is 1. The second kappa shape index (κ2) is 7.40. The fraction of sp³-hybridized carbons (Fsp3) is 0.714. The predicted octanol–water partition coefficient (Wildman–Crippen LogP) is 2.35. The highest BCUT2D eigenvalue weighted by Crippen LogP contribution is 2.31. The van der Waals surface area contributed by atoms with Gasteiger partial charge in [0.05, 0.1) is 13.2 Å². The van der Waals surface area contributed by atoms with E-state index in [0.29, 0.717) is 5.88 Å². The molecule has 19 heavy (non-hydrogen) atoms. The van der Waals surface area contributed by atoms with Crippen LogP contribution in [0.3, 0.4) is 0 Å². The molecule has 0 aromatic carbocycles. The van der Waals surface area contributed by atoms with Gasteiger partial charge in [-0.05, 0) is 18.8 Å². The van der Waals surface area contributed by atoms with Crippen molar-refractivity contribution in [2.45, 2.75) is 51.0 Å². The van der Waals surface area contributed by atoms with Gasteiger partial charge in [-0.3, -0.25) is 16.3 Å². The predicted molar refractivity (Wildman–Crippen MR) is 74.5 cm³/mol. The number of hydrazine groups is 1. The van der Waals surface area contributed by atoms with Crippen molar-refractivity contribution < 1.29 is 4.74 Å². The van der Waals surface area contributed by atoms with E-state index in [4.69, 9.17) is 10.6 Å². The van der Waals surface area contributed by atoms with Crippen LogP contribution in [-0.4, -0.2) is 17.1 Å². The molecule has 1 unspecified atom stereocenters. The number of methoxy groups -OCH3 is 1. The maximum Gasteiger partial charge on any atom is 0.237 e. The van der Waals surface area contributed by atoms with E-state index in [1.807, 2.05) is 0 Å². The lowest BCUT2D eigenvalue weighted by atomic mass is 9.85. The maximum absolute atomic E-state index is 5.67. The van der Waals surface area contributed by atoms with Crippen LogP contribution in [0.5, 0.6) is 5.88 Å². The summed E-state index contributed by atoms with van der Waals surface area (Å²) < 4.78 is 5.25. The number of ether oxygens (including phenoxy) is 1. The third kappa shape index (κ3) is 3.88. The van der Waals surface area contributed by atoms with Crippen LogP contribution in [0, 0.1) is 5.92 Å². The number of nitrogens with two attached hydrogens (primary N) is 1. The van der Waals surface area contributed by atoms with Gasteiger partial charge < -0.3 is 4.74 Å². The lowest BCUT2D eigenvalue weighted by molar-refractivity contribution is 0.308. The Balaban J connectivity index is 1.95. The summed E-state index contributed by atoms with van der Waals surface area (Å²) in [5.74, 6) is 7.07. The fourth-order valence-corrected chi connectivity index (χ4v) is 2.91. The summed E-state index contributed by atoms with van der Waals surface area (Å²) in [4.78, 5) is 8.53. The Morgan fingerprint density at radius 1 is 1.32 bits per heavy atom. The number of hydrogen-bond donors (Lipinski definition) is 2. The number of nitrogens with zero attached hydrogens (tertiary/aromatic N) is 2. The molecule has 0 bridgehead atoms. The molecule has 1 heterocycles. The Morgan fingerprint density at radius 2 is 2.05 bits per heavy atom. The summed E-state index contributed by atoms with van der Waals surface area (Å²) in [6.45, 7) is 0. The Morgan fingerprint density at radius 3 is 2.74 bits per heavy atom. The van der Waals surface area contributed by atoms with Crippen molar-refractivity contribution >= 4 is 0 Å². The highest BCUT2D eigenvalue weighted by atomic mass is 16.5. The Bertz CT molecular complexity index is 379. The van der Waals surface area contributed by atoms with Crippen LogP contribution in [0.15, 0.2) is 12.4 Å². The molecule has 1 aliphatic rings. The summed E-state index contributed by atoms with van der Waals surface area (Å²) in [5.41, 5.74) is 3.66. The Hall–Kier alpha value is -1.20. The molecule has 106 valence electrons.